The van der Waals surface area contributed by atoms with Gasteiger partial charge in [0.05, 0.1) is 23.8 Å². The summed E-state index contributed by atoms with van der Waals surface area (Å²) in [5.74, 6) is 0.141. The first kappa shape index (κ1) is 12.6. The van der Waals surface area contributed by atoms with Crippen LogP contribution in [0.15, 0.2) is 18.2 Å². The van der Waals surface area contributed by atoms with E-state index < -0.39 is 6.10 Å². The van der Waals surface area contributed by atoms with E-state index in [4.69, 9.17) is 4.74 Å². The van der Waals surface area contributed by atoms with Gasteiger partial charge in [-0.15, -0.1) is 11.3 Å². The third kappa shape index (κ3) is 2.24. The van der Waals surface area contributed by atoms with Crippen LogP contribution in [0.5, 0.6) is 5.75 Å². The molecule has 1 aromatic heterocycles. The first-order valence-corrected chi connectivity index (χ1v) is 7.02. The second kappa shape index (κ2) is 4.90. The van der Waals surface area contributed by atoms with Crippen molar-refractivity contribution >= 4 is 11.3 Å². The summed E-state index contributed by atoms with van der Waals surface area (Å²) in [7, 11) is 1.51. The van der Waals surface area contributed by atoms with Crippen molar-refractivity contribution in [1.82, 2.24) is 4.98 Å². The zero-order chi connectivity index (χ0) is 13.4. The van der Waals surface area contributed by atoms with Crippen molar-refractivity contribution in [2.75, 3.05) is 7.11 Å². The largest absolute Gasteiger partial charge is 0.497 e. The molecule has 3 rings (SSSR count). The van der Waals surface area contributed by atoms with Gasteiger partial charge in [-0.2, -0.15) is 0 Å². The lowest BCUT2D eigenvalue weighted by Gasteiger charge is -2.14. The molecule has 1 aromatic carbocycles. The van der Waals surface area contributed by atoms with Gasteiger partial charge in [-0.25, -0.2) is 9.37 Å². The summed E-state index contributed by atoms with van der Waals surface area (Å²) in [6, 6.07) is 4.74. The smallest absolute Gasteiger partial charge is 0.137 e. The molecular weight excluding hydrogens is 265 g/mol. The average molecular weight is 279 g/mol. The van der Waals surface area contributed by atoms with Gasteiger partial charge in [-0.1, -0.05) is 0 Å². The summed E-state index contributed by atoms with van der Waals surface area (Å²) in [6.45, 7) is 0. The van der Waals surface area contributed by atoms with E-state index in [-0.39, 0.29) is 5.82 Å². The van der Waals surface area contributed by atoms with E-state index in [2.05, 4.69) is 4.98 Å². The zero-order valence-electron chi connectivity index (χ0n) is 10.5. The molecule has 0 fully saturated rings. The number of benzene rings is 1. The van der Waals surface area contributed by atoms with Gasteiger partial charge in [-0.05, 0) is 31.4 Å². The van der Waals surface area contributed by atoms with Crippen molar-refractivity contribution in [3.63, 3.8) is 0 Å². The zero-order valence-corrected chi connectivity index (χ0v) is 11.3. The molecule has 1 aliphatic rings. The summed E-state index contributed by atoms with van der Waals surface area (Å²) in [4.78, 5) is 5.35. The Kier molecular flexibility index (Phi) is 3.24. The third-order valence-electron chi connectivity index (χ3n) is 3.33. The van der Waals surface area contributed by atoms with Gasteiger partial charge in [-0.3, -0.25) is 0 Å². The molecule has 19 heavy (non-hydrogen) atoms. The molecule has 1 unspecified atom stereocenters. The molecule has 1 heterocycles. The number of rotatable bonds is 2. The molecule has 1 N–H and O–H groups in total. The number of halogens is 1. The fraction of sp³-hybridized carbons (Fsp3) is 0.357. The van der Waals surface area contributed by atoms with E-state index in [9.17, 15) is 9.50 Å². The molecule has 100 valence electrons. The van der Waals surface area contributed by atoms with Crippen LogP contribution in [0.2, 0.25) is 0 Å². The van der Waals surface area contributed by atoms with Gasteiger partial charge < -0.3 is 9.84 Å². The number of fused-ring (bicyclic) bond motifs is 1. The number of aromatic nitrogens is 1. The fourth-order valence-electron chi connectivity index (χ4n) is 2.31. The average Bonchev–Trinajstić information content (AvgIpc) is 2.83. The minimum atomic E-state index is -0.448. The monoisotopic (exact) mass is 279 g/mol. The van der Waals surface area contributed by atoms with Crippen LogP contribution in [0.3, 0.4) is 0 Å². The molecule has 1 atom stereocenters. The van der Waals surface area contributed by atoms with E-state index in [1.807, 2.05) is 0 Å². The molecule has 2 aromatic rings. The molecule has 0 spiro atoms. The summed E-state index contributed by atoms with van der Waals surface area (Å²) in [5.41, 5.74) is 1.38. The second-order valence-electron chi connectivity index (χ2n) is 4.58. The van der Waals surface area contributed by atoms with Crippen LogP contribution >= 0.6 is 11.3 Å². The molecule has 3 nitrogen and oxygen atoms in total. The van der Waals surface area contributed by atoms with Crippen LogP contribution in [-0.2, 0) is 6.42 Å². The first-order valence-electron chi connectivity index (χ1n) is 6.20. The van der Waals surface area contributed by atoms with E-state index in [0.717, 1.165) is 29.8 Å². The molecule has 0 bridgehead atoms. The molecule has 1 aliphatic carbocycles. The number of methoxy groups -OCH3 is 1. The van der Waals surface area contributed by atoms with E-state index in [1.165, 1.54) is 24.5 Å². The Hall–Kier alpha value is -1.46. The highest BCUT2D eigenvalue weighted by Crippen LogP contribution is 2.38. The van der Waals surface area contributed by atoms with Gasteiger partial charge in [0, 0.05) is 11.6 Å². The maximum Gasteiger partial charge on any atom is 0.137 e. The lowest BCUT2D eigenvalue weighted by molar-refractivity contribution is 0.160. The van der Waals surface area contributed by atoms with Crippen LogP contribution < -0.4 is 4.74 Å². The van der Waals surface area contributed by atoms with Crippen molar-refractivity contribution in [3.8, 4) is 16.3 Å². The number of ether oxygens (including phenoxy) is 1. The SMILES string of the molecule is COc1ccc(-c2nc3c(s2)C(O)CCC3)c(F)c1. The molecule has 0 amide bonds. The van der Waals surface area contributed by atoms with Crippen molar-refractivity contribution in [1.29, 1.82) is 0 Å². The number of aliphatic hydroxyl groups is 1. The predicted octanol–water partition coefficient (Wildman–Crippen LogP) is 3.33. The van der Waals surface area contributed by atoms with Crippen molar-refractivity contribution in [2.45, 2.75) is 25.4 Å². The van der Waals surface area contributed by atoms with E-state index in [1.54, 1.807) is 12.1 Å². The Labute approximate surface area is 114 Å². The molecule has 0 aliphatic heterocycles. The Morgan fingerprint density at radius 2 is 2.32 bits per heavy atom. The number of hydrogen-bond acceptors (Lipinski definition) is 4. The minimum Gasteiger partial charge on any atom is -0.497 e. The number of nitrogens with zero attached hydrogens (tertiary/aromatic N) is 1. The van der Waals surface area contributed by atoms with E-state index in [0.29, 0.717) is 16.3 Å². The van der Waals surface area contributed by atoms with Crippen molar-refractivity contribution in [2.24, 2.45) is 0 Å². The standard InChI is InChI=1S/C14H14FNO2S/c1-18-8-5-6-9(10(15)7-8)14-16-11-3-2-4-12(17)13(11)19-14/h5-7,12,17H,2-4H2,1H3. The number of hydrogen-bond donors (Lipinski definition) is 1. The number of thiazole rings is 1. The highest BCUT2D eigenvalue weighted by Gasteiger charge is 2.24. The molecule has 0 saturated heterocycles. The lowest BCUT2D eigenvalue weighted by atomic mass is 10.0. The normalized spacial score (nSPS) is 18.2. The van der Waals surface area contributed by atoms with Crippen molar-refractivity contribution < 1.29 is 14.2 Å². The molecule has 5 heteroatoms. The Bertz CT molecular complexity index is 611. The Morgan fingerprint density at radius 1 is 1.47 bits per heavy atom. The van der Waals surface area contributed by atoms with Crippen LogP contribution in [0.25, 0.3) is 10.6 Å². The third-order valence-corrected chi connectivity index (χ3v) is 4.56. The number of aliphatic hydroxyl groups excluding tert-OH is 1. The van der Waals surface area contributed by atoms with Crippen LogP contribution in [0.4, 0.5) is 4.39 Å². The summed E-state index contributed by atoms with van der Waals surface area (Å²) in [6.07, 6.45) is 2.11. The highest BCUT2D eigenvalue weighted by atomic mass is 32.1. The van der Waals surface area contributed by atoms with Crippen LogP contribution in [-0.4, -0.2) is 17.2 Å². The van der Waals surface area contributed by atoms with Gasteiger partial charge >= 0.3 is 0 Å². The van der Waals surface area contributed by atoms with Gasteiger partial charge in [0.2, 0.25) is 0 Å². The topological polar surface area (TPSA) is 42.4 Å². The summed E-state index contributed by atoms with van der Waals surface area (Å²) in [5, 5.41) is 10.6. The number of aryl methyl sites for hydroxylation is 1. The summed E-state index contributed by atoms with van der Waals surface area (Å²) < 4.78 is 19.0. The Morgan fingerprint density at radius 3 is 3.00 bits per heavy atom. The minimum absolute atomic E-state index is 0.347. The van der Waals surface area contributed by atoms with Crippen LogP contribution in [0.1, 0.15) is 29.5 Å². The lowest BCUT2D eigenvalue weighted by Crippen LogP contribution is -2.06. The maximum absolute atomic E-state index is 14.0. The van der Waals surface area contributed by atoms with Crippen LogP contribution in [0, 0.1) is 5.82 Å². The second-order valence-corrected chi connectivity index (χ2v) is 5.61. The van der Waals surface area contributed by atoms with Gasteiger partial charge in [0.1, 0.15) is 16.6 Å². The Balaban J connectivity index is 2.03. The molecule has 0 saturated carbocycles. The van der Waals surface area contributed by atoms with Crippen molar-refractivity contribution in [3.05, 3.63) is 34.6 Å². The first-order chi connectivity index (χ1) is 9.19. The fourth-order valence-corrected chi connectivity index (χ4v) is 3.47. The highest BCUT2D eigenvalue weighted by molar-refractivity contribution is 7.15. The summed E-state index contributed by atoms with van der Waals surface area (Å²) >= 11 is 1.38. The quantitative estimate of drug-likeness (QED) is 0.917. The molecular formula is C14H14FNO2S. The van der Waals surface area contributed by atoms with E-state index >= 15 is 0 Å². The molecule has 0 radical (unpaired) electrons. The maximum atomic E-state index is 14.0. The van der Waals surface area contributed by atoms with Gasteiger partial charge in [0.25, 0.3) is 0 Å². The predicted molar refractivity (Wildman–Crippen MR) is 72.0 cm³/mol. The van der Waals surface area contributed by atoms with Gasteiger partial charge in [0.15, 0.2) is 0 Å².